The molecule has 28 heavy (non-hydrogen) atoms. The topological polar surface area (TPSA) is 72.2 Å². The number of sulfonamides is 1. The molecule has 2 atom stereocenters. The Bertz CT molecular complexity index is 1130. The van der Waals surface area contributed by atoms with Crippen molar-refractivity contribution in [1.82, 2.24) is 9.71 Å². The molecule has 146 valence electrons. The number of halogens is 2. The summed E-state index contributed by atoms with van der Waals surface area (Å²) in [6, 6.07) is 10.7. The minimum absolute atomic E-state index is 0.00475. The van der Waals surface area contributed by atoms with Gasteiger partial charge in [-0.2, -0.15) is 0 Å². The lowest BCUT2D eigenvalue weighted by Crippen LogP contribution is -2.29. The third kappa shape index (κ3) is 3.22. The molecule has 3 aromatic rings. The second-order valence-electron chi connectivity index (χ2n) is 7.41. The first-order chi connectivity index (χ1) is 13.2. The van der Waals surface area contributed by atoms with Gasteiger partial charge >= 0.3 is 0 Å². The van der Waals surface area contributed by atoms with E-state index in [1.165, 1.54) is 18.4 Å². The van der Waals surface area contributed by atoms with Gasteiger partial charge in [-0.25, -0.2) is 26.9 Å². The fourth-order valence-electron chi connectivity index (χ4n) is 3.40. The van der Waals surface area contributed by atoms with Crippen molar-refractivity contribution in [3.63, 3.8) is 0 Å². The number of benzene rings is 2. The summed E-state index contributed by atoms with van der Waals surface area (Å²) in [6.07, 6.45) is 1.25. The number of hydrogen-bond acceptors (Lipinski definition) is 4. The van der Waals surface area contributed by atoms with E-state index in [0.717, 1.165) is 18.2 Å². The quantitative estimate of drug-likeness (QED) is 0.695. The van der Waals surface area contributed by atoms with E-state index in [0.29, 0.717) is 0 Å². The molecule has 0 saturated heterocycles. The number of nitrogens with zero attached hydrogens (tertiary/aromatic N) is 1. The molecule has 4 rings (SSSR count). The lowest BCUT2D eigenvalue weighted by molar-refractivity contribution is 0.467. The number of hydrogen-bond donors (Lipinski definition) is 1. The molecule has 2 aromatic carbocycles. The van der Waals surface area contributed by atoms with Crippen molar-refractivity contribution < 1.29 is 21.6 Å². The van der Waals surface area contributed by atoms with Gasteiger partial charge in [0.2, 0.25) is 10.0 Å². The third-order valence-electron chi connectivity index (χ3n) is 5.16. The highest BCUT2D eigenvalue weighted by Gasteiger charge is 2.62. The molecule has 1 fully saturated rings. The lowest BCUT2D eigenvalue weighted by atomic mass is 10.1. The van der Waals surface area contributed by atoms with E-state index in [2.05, 4.69) is 9.71 Å². The zero-order valence-corrected chi connectivity index (χ0v) is 16.0. The largest absolute Gasteiger partial charge is 0.448 e. The van der Waals surface area contributed by atoms with Crippen LogP contribution in [0, 0.1) is 17.0 Å². The Morgan fingerprint density at radius 2 is 1.82 bits per heavy atom. The predicted molar refractivity (Wildman–Crippen MR) is 98.9 cm³/mol. The number of nitrogens with one attached hydrogen (secondary N) is 1. The van der Waals surface area contributed by atoms with Crippen LogP contribution in [0.3, 0.4) is 0 Å². The first kappa shape index (κ1) is 18.8. The molecular weight excluding hydrogens is 386 g/mol. The summed E-state index contributed by atoms with van der Waals surface area (Å²) in [5, 5.41) is 0. The number of aromatic nitrogens is 1. The van der Waals surface area contributed by atoms with Crippen LogP contribution >= 0.6 is 0 Å². The van der Waals surface area contributed by atoms with E-state index in [1.807, 2.05) is 13.8 Å². The molecule has 0 bridgehead atoms. The van der Waals surface area contributed by atoms with E-state index in [4.69, 9.17) is 4.42 Å². The van der Waals surface area contributed by atoms with Gasteiger partial charge in [-0.15, -0.1) is 0 Å². The van der Waals surface area contributed by atoms with Crippen LogP contribution in [0.5, 0.6) is 0 Å². The van der Waals surface area contributed by atoms with Crippen LogP contribution in [-0.4, -0.2) is 19.4 Å². The van der Waals surface area contributed by atoms with Crippen LogP contribution in [0.4, 0.5) is 8.78 Å². The van der Waals surface area contributed by atoms with Crippen LogP contribution in [0.2, 0.25) is 0 Å². The van der Waals surface area contributed by atoms with E-state index >= 15 is 0 Å². The third-order valence-corrected chi connectivity index (χ3v) is 6.61. The van der Waals surface area contributed by atoms with Crippen LogP contribution in [0.15, 0.2) is 64.1 Å². The fourth-order valence-corrected chi connectivity index (χ4v) is 4.83. The lowest BCUT2D eigenvalue weighted by Gasteiger charge is -2.07. The van der Waals surface area contributed by atoms with Crippen molar-refractivity contribution in [3.05, 3.63) is 72.3 Å². The molecular formula is C20H18F2N2O3S. The van der Waals surface area contributed by atoms with Crippen LogP contribution in [0.25, 0.3) is 11.3 Å². The van der Waals surface area contributed by atoms with E-state index < -0.39 is 33.1 Å². The Kier molecular flexibility index (Phi) is 4.35. The zero-order chi connectivity index (χ0) is 20.1. The molecule has 1 aliphatic rings. The van der Waals surface area contributed by atoms with Crippen LogP contribution < -0.4 is 4.72 Å². The van der Waals surface area contributed by atoms with Gasteiger partial charge in [-0.05, 0) is 35.7 Å². The van der Waals surface area contributed by atoms with Gasteiger partial charge in [0.25, 0.3) is 0 Å². The molecule has 1 aromatic heterocycles. The average Bonchev–Trinajstić information content (AvgIpc) is 2.98. The number of rotatable bonds is 5. The zero-order valence-electron chi connectivity index (χ0n) is 15.2. The molecule has 1 heterocycles. The van der Waals surface area contributed by atoms with E-state index in [-0.39, 0.29) is 28.0 Å². The molecule has 1 N–H and O–H groups in total. The van der Waals surface area contributed by atoms with Crippen molar-refractivity contribution in [2.75, 3.05) is 0 Å². The highest BCUT2D eigenvalue weighted by Crippen LogP contribution is 2.59. The summed E-state index contributed by atoms with van der Waals surface area (Å²) < 4.78 is 60.8. The molecule has 0 spiro atoms. The van der Waals surface area contributed by atoms with Gasteiger partial charge in [0, 0.05) is 11.6 Å². The highest BCUT2D eigenvalue weighted by molar-refractivity contribution is 7.89. The van der Waals surface area contributed by atoms with Crippen molar-refractivity contribution in [2.45, 2.75) is 30.7 Å². The van der Waals surface area contributed by atoms with Gasteiger partial charge in [-0.3, -0.25) is 0 Å². The maximum atomic E-state index is 14.0. The maximum Gasteiger partial charge on any atom is 0.240 e. The Morgan fingerprint density at radius 1 is 1.11 bits per heavy atom. The molecule has 1 saturated carbocycles. The molecule has 0 unspecified atom stereocenters. The Hall–Kier alpha value is -2.58. The summed E-state index contributed by atoms with van der Waals surface area (Å²) in [5.41, 5.74) is -0.279. The Balaban J connectivity index is 1.59. The predicted octanol–water partition coefficient (Wildman–Crippen LogP) is 4.09. The number of oxazole rings is 1. The fraction of sp³-hybridized carbons (Fsp3) is 0.250. The van der Waals surface area contributed by atoms with Crippen LogP contribution in [0.1, 0.15) is 25.7 Å². The first-order valence-electron chi connectivity index (χ1n) is 8.68. The van der Waals surface area contributed by atoms with Gasteiger partial charge < -0.3 is 4.42 Å². The smallest absolute Gasteiger partial charge is 0.240 e. The van der Waals surface area contributed by atoms with E-state index in [1.54, 1.807) is 18.2 Å². The molecule has 8 heteroatoms. The minimum atomic E-state index is -3.70. The highest BCUT2D eigenvalue weighted by atomic mass is 32.2. The normalized spacial score (nSPS) is 20.9. The molecule has 5 nitrogen and oxygen atoms in total. The monoisotopic (exact) mass is 404 g/mol. The second kappa shape index (κ2) is 6.49. The molecule has 1 aliphatic carbocycles. The molecule has 0 amide bonds. The second-order valence-corrected chi connectivity index (χ2v) is 9.12. The van der Waals surface area contributed by atoms with E-state index in [9.17, 15) is 17.2 Å². The van der Waals surface area contributed by atoms with Crippen molar-refractivity contribution in [2.24, 2.45) is 5.41 Å². The summed E-state index contributed by atoms with van der Waals surface area (Å²) >= 11 is 0. The summed E-state index contributed by atoms with van der Waals surface area (Å²) in [4.78, 5) is 4.46. The van der Waals surface area contributed by atoms with Gasteiger partial charge in [0.05, 0.1) is 10.8 Å². The standard InChI is InChI=1S/C20H18F2N2O3S/c1-20(2)17(18(20)24-28(25,26)13-6-4-3-5-7-13)19-23-16(11-27-19)14-10-12(21)8-9-15(14)22/h3-11,17-18,24H,1-2H3/t17-,18-/m0/s1. The maximum absolute atomic E-state index is 14.0. The first-order valence-corrected chi connectivity index (χ1v) is 10.2. The summed E-state index contributed by atoms with van der Waals surface area (Å²) in [7, 11) is -3.70. The summed E-state index contributed by atoms with van der Waals surface area (Å²) in [5.74, 6) is -1.24. The summed E-state index contributed by atoms with van der Waals surface area (Å²) in [6.45, 7) is 3.78. The van der Waals surface area contributed by atoms with Crippen molar-refractivity contribution >= 4 is 10.0 Å². The molecule has 0 aliphatic heterocycles. The minimum Gasteiger partial charge on any atom is -0.448 e. The van der Waals surface area contributed by atoms with Gasteiger partial charge in [-0.1, -0.05) is 32.0 Å². The SMILES string of the molecule is CC1(C)[C@H](c2nc(-c3cc(F)ccc3F)co2)[C@@H]1NS(=O)(=O)c1ccccc1. The van der Waals surface area contributed by atoms with Crippen molar-refractivity contribution in [1.29, 1.82) is 0 Å². The van der Waals surface area contributed by atoms with Crippen molar-refractivity contribution in [3.8, 4) is 11.3 Å². The Morgan fingerprint density at radius 3 is 2.54 bits per heavy atom. The van der Waals surface area contributed by atoms with Gasteiger partial charge in [0.15, 0.2) is 5.89 Å². The average molecular weight is 404 g/mol. The molecule has 0 radical (unpaired) electrons. The Labute approximate surface area is 161 Å². The van der Waals surface area contributed by atoms with Crippen LogP contribution in [-0.2, 0) is 10.0 Å². The van der Waals surface area contributed by atoms with Gasteiger partial charge in [0.1, 0.15) is 23.6 Å².